The van der Waals surface area contributed by atoms with Crippen LogP contribution in [0.2, 0.25) is 0 Å². The molecule has 3 rings (SSSR count). The largest absolute Gasteiger partial charge is 0.507 e. The molecule has 2 heterocycles. The normalized spacial score (nSPS) is 18.3. The Morgan fingerprint density at radius 2 is 1.95 bits per heavy atom. The summed E-state index contributed by atoms with van der Waals surface area (Å²) >= 11 is 0. The second-order valence-corrected chi connectivity index (χ2v) is 6.49. The Balaban J connectivity index is 2.02. The quantitative estimate of drug-likeness (QED) is 0.849. The molecule has 0 aromatic heterocycles. The smallest absolute Gasteiger partial charge is 0.232 e. The highest BCUT2D eigenvalue weighted by Gasteiger charge is 2.34. The summed E-state index contributed by atoms with van der Waals surface area (Å²) in [5.74, 6) is 1.13. The summed E-state index contributed by atoms with van der Waals surface area (Å²) < 4.78 is 5.86. The van der Waals surface area contributed by atoms with Crippen molar-refractivity contribution in [3.63, 3.8) is 0 Å². The number of hydrogen-bond acceptors (Lipinski definition) is 4. The number of phenols is 1. The average molecular weight is 301 g/mol. The Bertz CT molecular complexity index is 651. The number of rotatable bonds is 2. The molecule has 0 atom stereocenters. The number of aryl methyl sites for hydroxylation is 1. The predicted octanol–water partition coefficient (Wildman–Crippen LogP) is 3.56. The van der Waals surface area contributed by atoms with Gasteiger partial charge in [-0.05, 0) is 63.9 Å². The summed E-state index contributed by atoms with van der Waals surface area (Å²) in [6.45, 7) is 8.30. The van der Waals surface area contributed by atoms with Gasteiger partial charge >= 0.3 is 0 Å². The Morgan fingerprint density at radius 3 is 2.59 bits per heavy atom. The van der Waals surface area contributed by atoms with E-state index in [1.165, 1.54) is 19.3 Å². The fraction of sp³-hybridized carbons (Fsp3) is 0.500. The van der Waals surface area contributed by atoms with Gasteiger partial charge in [0.25, 0.3) is 0 Å². The van der Waals surface area contributed by atoms with Gasteiger partial charge < -0.3 is 9.84 Å². The van der Waals surface area contributed by atoms with Crippen molar-refractivity contribution in [3.8, 4) is 11.5 Å². The van der Waals surface area contributed by atoms with Crippen molar-refractivity contribution in [2.24, 2.45) is 0 Å². The van der Waals surface area contributed by atoms with E-state index in [2.05, 4.69) is 4.90 Å². The Kier molecular flexibility index (Phi) is 3.96. The third-order valence-electron chi connectivity index (χ3n) is 4.48. The van der Waals surface area contributed by atoms with Gasteiger partial charge in [-0.3, -0.25) is 9.69 Å². The highest BCUT2D eigenvalue weighted by atomic mass is 16.5. The van der Waals surface area contributed by atoms with Crippen LogP contribution >= 0.6 is 0 Å². The number of ketones is 1. The van der Waals surface area contributed by atoms with E-state index in [-0.39, 0.29) is 11.5 Å². The van der Waals surface area contributed by atoms with Crippen LogP contribution in [0.25, 0.3) is 0 Å². The number of piperidine rings is 1. The number of carbonyl (C=O) groups is 1. The van der Waals surface area contributed by atoms with Crippen molar-refractivity contribution in [1.82, 2.24) is 4.90 Å². The van der Waals surface area contributed by atoms with Crippen molar-refractivity contribution in [3.05, 3.63) is 34.1 Å². The molecule has 0 radical (unpaired) electrons. The van der Waals surface area contributed by atoms with Crippen LogP contribution in [-0.4, -0.2) is 28.9 Å². The van der Waals surface area contributed by atoms with Gasteiger partial charge in [-0.2, -0.15) is 0 Å². The third-order valence-corrected chi connectivity index (χ3v) is 4.48. The van der Waals surface area contributed by atoms with Gasteiger partial charge in [0.15, 0.2) is 5.76 Å². The molecule has 2 aliphatic heterocycles. The lowest BCUT2D eigenvalue weighted by Crippen LogP contribution is -2.29. The molecule has 0 amide bonds. The van der Waals surface area contributed by atoms with Crippen LogP contribution in [-0.2, 0) is 6.54 Å². The number of Topliss-reactive ketones (excluding diaryl/α,β-unsaturated/α-hetero) is 1. The fourth-order valence-electron chi connectivity index (χ4n) is 3.29. The first-order chi connectivity index (χ1) is 10.5. The molecule has 1 N–H and O–H groups in total. The van der Waals surface area contributed by atoms with E-state index in [4.69, 9.17) is 4.74 Å². The summed E-state index contributed by atoms with van der Waals surface area (Å²) in [5.41, 5.74) is 2.99. The Morgan fingerprint density at radius 1 is 1.27 bits per heavy atom. The number of aromatic hydroxyl groups is 1. The number of ether oxygens (including phenoxy) is 1. The van der Waals surface area contributed by atoms with Gasteiger partial charge in [0, 0.05) is 6.54 Å². The first kappa shape index (κ1) is 15.1. The van der Waals surface area contributed by atoms with E-state index in [0.717, 1.165) is 29.8 Å². The zero-order chi connectivity index (χ0) is 15.9. The number of carbonyl (C=O) groups excluding carboxylic acids is 1. The number of fused-ring (bicyclic) bond motifs is 1. The number of likely N-dealkylation sites (tertiary alicyclic amines) is 1. The zero-order valence-corrected chi connectivity index (χ0v) is 13.5. The van der Waals surface area contributed by atoms with Gasteiger partial charge in [-0.1, -0.05) is 6.42 Å². The third kappa shape index (κ3) is 2.52. The molecule has 1 fully saturated rings. The number of benzene rings is 1. The predicted molar refractivity (Wildman–Crippen MR) is 85.3 cm³/mol. The van der Waals surface area contributed by atoms with Gasteiger partial charge in [0.1, 0.15) is 11.5 Å². The minimum atomic E-state index is -0.0626. The second kappa shape index (κ2) is 5.76. The zero-order valence-electron chi connectivity index (χ0n) is 13.5. The molecule has 1 aromatic carbocycles. The van der Waals surface area contributed by atoms with Crippen LogP contribution in [0.15, 0.2) is 17.4 Å². The second-order valence-electron chi connectivity index (χ2n) is 6.49. The van der Waals surface area contributed by atoms with E-state index in [1.807, 2.05) is 20.8 Å². The molecular weight excluding hydrogens is 278 g/mol. The van der Waals surface area contributed by atoms with Crippen molar-refractivity contribution in [2.45, 2.75) is 46.6 Å². The van der Waals surface area contributed by atoms with Crippen LogP contribution in [0.3, 0.4) is 0 Å². The van der Waals surface area contributed by atoms with Crippen LogP contribution in [0.4, 0.5) is 0 Å². The highest BCUT2D eigenvalue weighted by molar-refractivity contribution is 6.14. The molecule has 0 unspecified atom stereocenters. The maximum absolute atomic E-state index is 12.5. The fourth-order valence-corrected chi connectivity index (χ4v) is 3.29. The van der Waals surface area contributed by atoms with Gasteiger partial charge in [0.2, 0.25) is 5.78 Å². The summed E-state index contributed by atoms with van der Waals surface area (Å²) in [7, 11) is 0. The summed E-state index contributed by atoms with van der Waals surface area (Å²) in [6, 6.07) is 1.69. The van der Waals surface area contributed by atoms with Crippen molar-refractivity contribution in [2.75, 3.05) is 13.1 Å². The van der Waals surface area contributed by atoms with Crippen molar-refractivity contribution >= 4 is 5.78 Å². The topological polar surface area (TPSA) is 49.8 Å². The minimum Gasteiger partial charge on any atom is -0.507 e. The first-order valence-electron chi connectivity index (χ1n) is 7.97. The molecule has 1 saturated heterocycles. The summed E-state index contributed by atoms with van der Waals surface area (Å²) in [5, 5.41) is 10.4. The lowest BCUT2D eigenvalue weighted by molar-refractivity contribution is 0.101. The van der Waals surface area contributed by atoms with E-state index < -0.39 is 0 Å². The highest BCUT2D eigenvalue weighted by Crippen LogP contribution is 2.42. The summed E-state index contributed by atoms with van der Waals surface area (Å²) in [4.78, 5) is 14.9. The number of nitrogens with zero attached hydrogens (tertiary/aromatic N) is 1. The van der Waals surface area contributed by atoms with Crippen LogP contribution < -0.4 is 4.74 Å². The monoisotopic (exact) mass is 301 g/mol. The number of phenolic OH excluding ortho intramolecular Hbond substituents is 1. The maximum atomic E-state index is 12.5. The van der Waals surface area contributed by atoms with E-state index in [0.29, 0.717) is 23.6 Å². The van der Waals surface area contributed by atoms with E-state index >= 15 is 0 Å². The molecule has 0 saturated carbocycles. The standard InChI is InChI=1S/C18H23NO3/c1-11(2)17-16(21)15-12(3)9-14(20)13(18(15)22-17)10-19-7-5-4-6-8-19/h9,20H,4-8,10H2,1-3H3. The van der Waals surface area contributed by atoms with E-state index in [9.17, 15) is 9.90 Å². The molecular formula is C18H23NO3. The van der Waals surface area contributed by atoms with Crippen LogP contribution in [0.1, 0.15) is 54.6 Å². The molecule has 118 valence electrons. The van der Waals surface area contributed by atoms with Gasteiger partial charge in [-0.15, -0.1) is 0 Å². The van der Waals surface area contributed by atoms with Gasteiger partial charge in [-0.25, -0.2) is 0 Å². The lowest BCUT2D eigenvalue weighted by atomic mass is 9.98. The van der Waals surface area contributed by atoms with Crippen molar-refractivity contribution in [1.29, 1.82) is 0 Å². The first-order valence-corrected chi connectivity index (χ1v) is 7.97. The maximum Gasteiger partial charge on any atom is 0.232 e. The molecule has 22 heavy (non-hydrogen) atoms. The van der Waals surface area contributed by atoms with Gasteiger partial charge in [0.05, 0.1) is 11.1 Å². The summed E-state index contributed by atoms with van der Waals surface area (Å²) in [6.07, 6.45) is 3.65. The number of hydrogen-bond donors (Lipinski definition) is 1. The SMILES string of the molecule is CC(C)=C1Oc2c(CN3CCCCC3)c(O)cc(C)c2C1=O. The van der Waals surface area contributed by atoms with Crippen molar-refractivity contribution < 1.29 is 14.6 Å². The minimum absolute atomic E-state index is 0.0626. The lowest BCUT2D eigenvalue weighted by Gasteiger charge is -2.27. The Hall–Kier alpha value is -1.81. The molecule has 0 aliphatic carbocycles. The molecule has 0 bridgehead atoms. The number of allylic oxidation sites excluding steroid dienone is 2. The van der Waals surface area contributed by atoms with Crippen LogP contribution in [0.5, 0.6) is 11.5 Å². The molecule has 1 aromatic rings. The average Bonchev–Trinajstić information content (AvgIpc) is 2.83. The molecule has 4 heteroatoms. The molecule has 2 aliphatic rings. The van der Waals surface area contributed by atoms with Crippen LogP contribution in [0, 0.1) is 6.92 Å². The Labute approximate surface area is 131 Å². The molecule has 0 spiro atoms. The molecule has 4 nitrogen and oxygen atoms in total. The van der Waals surface area contributed by atoms with E-state index in [1.54, 1.807) is 6.07 Å².